The molecule has 1 aromatic heterocycles. The molecule has 1 N–H and O–H groups in total. The van der Waals surface area contributed by atoms with Crippen molar-refractivity contribution >= 4 is 5.97 Å². The molecule has 0 unspecified atom stereocenters. The summed E-state index contributed by atoms with van der Waals surface area (Å²) in [5.74, 6) is 0.0270. The Morgan fingerprint density at radius 3 is 2.94 bits per heavy atom. The van der Waals surface area contributed by atoms with Gasteiger partial charge in [-0.3, -0.25) is 0 Å². The van der Waals surface area contributed by atoms with E-state index in [0.717, 1.165) is 12.3 Å². The molecule has 0 radical (unpaired) electrons. The van der Waals surface area contributed by atoms with Crippen LogP contribution in [-0.2, 0) is 0 Å². The van der Waals surface area contributed by atoms with E-state index in [4.69, 9.17) is 9.84 Å². The van der Waals surface area contributed by atoms with Crippen molar-refractivity contribution in [2.24, 2.45) is 5.92 Å². The van der Waals surface area contributed by atoms with Gasteiger partial charge in [-0.25, -0.2) is 9.78 Å². The van der Waals surface area contributed by atoms with Crippen molar-refractivity contribution in [1.29, 1.82) is 0 Å². The van der Waals surface area contributed by atoms with Crippen LogP contribution in [-0.4, -0.2) is 22.7 Å². The molecule has 1 heterocycles. The van der Waals surface area contributed by atoms with Crippen molar-refractivity contribution in [3.63, 3.8) is 0 Å². The second-order valence-electron chi connectivity index (χ2n) is 4.55. The molecular weight excluding hydrogens is 218 g/mol. The molecule has 0 amide bonds. The van der Waals surface area contributed by atoms with Crippen LogP contribution < -0.4 is 4.74 Å². The number of carbonyl (C=O) groups is 1. The zero-order chi connectivity index (χ0) is 12.3. The molecule has 92 valence electrons. The van der Waals surface area contributed by atoms with Gasteiger partial charge < -0.3 is 9.84 Å². The Morgan fingerprint density at radius 1 is 1.59 bits per heavy atom. The average molecular weight is 235 g/mol. The van der Waals surface area contributed by atoms with Crippen LogP contribution in [0.25, 0.3) is 0 Å². The third kappa shape index (κ3) is 2.75. The van der Waals surface area contributed by atoms with Crippen LogP contribution in [0, 0.1) is 12.8 Å². The molecule has 4 heteroatoms. The van der Waals surface area contributed by atoms with E-state index in [0.29, 0.717) is 12.2 Å². The molecule has 0 atom stereocenters. The van der Waals surface area contributed by atoms with Crippen LogP contribution in [0.5, 0.6) is 5.88 Å². The first-order chi connectivity index (χ1) is 8.18. The van der Waals surface area contributed by atoms with Crippen molar-refractivity contribution in [2.45, 2.75) is 32.6 Å². The van der Waals surface area contributed by atoms with Crippen molar-refractivity contribution in [3.05, 3.63) is 23.4 Å². The summed E-state index contributed by atoms with van der Waals surface area (Å²) in [4.78, 5) is 15.1. The van der Waals surface area contributed by atoms with Gasteiger partial charge >= 0.3 is 5.97 Å². The summed E-state index contributed by atoms with van der Waals surface area (Å²) in [5, 5.41) is 9.09. The zero-order valence-corrected chi connectivity index (χ0v) is 9.98. The third-order valence-corrected chi connectivity index (χ3v) is 3.33. The molecule has 0 saturated heterocycles. The van der Waals surface area contributed by atoms with E-state index in [1.807, 2.05) is 0 Å². The van der Waals surface area contributed by atoms with Crippen molar-refractivity contribution in [1.82, 2.24) is 4.98 Å². The second-order valence-corrected chi connectivity index (χ2v) is 4.55. The smallest absolute Gasteiger partial charge is 0.341 e. The Bertz CT molecular complexity index is 413. The lowest BCUT2D eigenvalue weighted by molar-refractivity contribution is 0.0689. The summed E-state index contributed by atoms with van der Waals surface area (Å²) in [6, 6.07) is 1.68. The minimum absolute atomic E-state index is 0.182. The molecule has 1 aliphatic rings. The standard InChI is InChI=1S/C13H17NO3/c1-9-5-7-14-12(11(9)13(15)16)17-8-6-10-3-2-4-10/h5,7,10H,2-4,6,8H2,1H3,(H,15,16). The average Bonchev–Trinajstić information content (AvgIpc) is 2.21. The fourth-order valence-corrected chi connectivity index (χ4v) is 2.01. The Labute approximate surface area is 101 Å². The minimum atomic E-state index is -0.978. The maximum absolute atomic E-state index is 11.1. The summed E-state index contributed by atoms with van der Waals surface area (Å²) >= 11 is 0. The number of pyridine rings is 1. The monoisotopic (exact) mass is 235 g/mol. The highest BCUT2D eigenvalue weighted by Crippen LogP contribution is 2.29. The Hall–Kier alpha value is -1.58. The number of aromatic carboxylic acids is 1. The summed E-state index contributed by atoms with van der Waals surface area (Å²) in [6.07, 6.45) is 6.44. The lowest BCUT2D eigenvalue weighted by Crippen LogP contribution is -2.16. The normalized spacial score (nSPS) is 15.4. The minimum Gasteiger partial charge on any atom is -0.477 e. The number of carboxylic acid groups (broad SMARTS) is 1. The fraction of sp³-hybridized carbons (Fsp3) is 0.538. The molecule has 0 aromatic carbocycles. The Balaban J connectivity index is 1.98. The Kier molecular flexibility index (Phi) is 3.61. The molecule has 1 aromatic rings. The van der Waals surface area contributed by atoms with Gasteiger partial charge in [0.25, 0.3) is 0 Å². The van der Waals surface area contributed by atoms with Gasteiger partial charge in [0.2, 0.25) is 5.88 Å². The van der Waals surface area contributed by atoms with Crippen LogP contribution >= 0.6 is 0 Å². The van der Waals surface area contributed by atoms with Crippen LogP contribution in [0.4, 0.5) is 0 Å². The summed E-state index contributed by atoms with van der Waals surface area (Å²) in [5.41, 5.74) is 0.868. The zero-order valence-electron chi connectivity index (χ0n) is 9.98. The molecule has 2 rings (SSSR count). The van der Waals surface area contributed by atoms with Gasteiger partial charge in [0.1, 0.15) is 5.56 Å². The third-order valence-electron chi connectivity index (χ3n) is 3.33. The number of carboxylic acids is 1. The van der Waals surface area contributed by atoms with Gasteiger partial charge in [0.05, 0.1) is 6.61 Å². The summed E-state index contributed by atoms with van der Waals surface area (Å²) in [6.45, 7) is 2.31. The van der Waals surface area contributed by atoms with Crippen molar-refractivity contribution in [2.75, 3.05) is 6.61 Å². The predicted octanol–water partition coefficient (Wildman–Crippen LogP) is 2.66. The number of hydrogen-bond acceptors (Lipinski definition) is 3. The lowest BCUT2D eigenvalue weighted by atomic mass is 9.83. The highest BCUT2D eigenvalue weighted by Gasteiger charge is 2.19. The van der Waals surface area contributed by atoms with Crippen LogP contribution in [0.2, 0.25) is 0 Å². The largest absolute Gasteiger partial charge is 0.477 e. The van der Waals surface area contributed by atoms with Gasteiger partial charge in [-0.05, 0) is 30.9 Å². The molecule has 1 aliphatic carbocycles. The first-order valence-corrected chi connectivity index (χ1v) is 6.00. The van der Waals surface area contributed by atoms with E-state index >= 15 is 0 Å². The first kappa shape index (κ1) is 11.9. The van der Waals surface area contributed by atoms with E-state index in [1.165, 1.54) is 19.3 Å². The topological polar surface area (TPSA) is 59.4 Å². The van der Waals surface area contributed by atoms with Crippen LogP contribution in [0.1, 0.15) is 41.6 Å². The van der Waals surface area contributed by atoms with E-state index in [1.54, 1.807) is 19.2 Å². The quantitative estimate of drug-likeness (QED) is 0.852. The number of ether oxygens (including phenoxy) is 1. The number of nitrogens with zero attached hydrogens (tertiary/aromatic N) is 1. The molecule has 17 heavy (non-hydrogen) atoms. The highest BCUT2D eigenvalue weighted by atomic mass is 16.5. The van der Waals surface area contributed by atoms with Gasteiger partial charge in [-0.1, -0.05) is 19.3 Å². The summed E-state index contributed by atoms with van der Waals surface area (Å²) in [7, 11) is 0. The number of hydrogen-bond donors (Lipinski definition) is 1. The van der Waals surface area contributed by atoms with Crippen molar-refractivity contribution in [3.8, 4) is 5.88 Å². The van der Waals surface area contributed by atoms with E-state index in [9.17, 15) is 4.79 Å². The molecule has 1 fully saturated rings. The van der Waals surface area contributed by atoms with Crippen molar-refractivity contribution < 1.29 is 14.6 Å². The maximum atomic E-state index is 11.1. The van der Waals surface area contributed by atoms with E-state index in [2.05, 4.69) is 4.98 Å². The predicted molar refractivity (Wildman–Crippen MR) is 63.4 cm³/mol. The molecular formula is C13H17NO3. The molecule has 0 bridgehead atoms. The van der Waals surface area contributed by atoms with Crippen LogP contribution in [0.3, 0.4) is 0 Å². The van der Waals surface area contributed by atoms with E-state index in [-0.39, 0.29) is 11.4 Å². The van der Waals surface area contributed by atoms with Gasteiger partial charge in [-0.2, -0.15) is 0 Å². The highest BCUT2D eigenvalue weighted by molar-refractivity contribution is 5.91. The van der Waals surface area contributed by atoms with E-state index < -0.39 is 5.97 Å². The SMILES string of the molecule is Cc1ccnc(OCCC2CCC2)c1C(=O)O. The number of rotatable bonds is 5. The first-order valence-electron chi connectivity index (χ1n) is 6.00. The molecule has 0 spiro atoms. The van der Waals surface area contributed by atoms with Crippen LogP contribution in [0.15, 0.2) is 12.3 Å². The number of aryl methyl sites for hydroxylation is 1. The maximum Gasteiger partial charge on any atom is 0.341 e. The fourth-order valence-electron chi connectivity index (χ4n) is 2.01. The lowest BCUT2D eigenvalue weighted by Gasteiger charge is -2.25. The molecule has 4 nitrogen and oxygen atoms in total. The summed E-state index contributed by atoms with van der Waals surface area (Å²) < 4.78 is 5.49. The van der Waals surface area contributed by atoms with Gasteiger partial charge in [0.15, 0.2) is 0 Å². The molecule has 1 saturated carbocycles. The molecule has 0 aliphatic heterocycles. The van der Waals surface area contributed by atoms with Gasteiger partial charge in [-0.15, -0.1) is 0 Å². The number of aromatic nitrogens is 1. The Morgan fingerprint density at radius 2 is 2.35 bits per heavy atom. The van der Waals surface area contributed by atoms with Gasteiger partial charge in [0, 0.05) is 6.20 Å². The second kappa shape index (κ2) is 5.17.